The average Bonchev–Trinajstić information content (AvgIpc) is 3.01. The van der Waals surface area contributed by atoms with Crippen LogP contribution in [0, 0.1) is 10.1 Å². The van der Waals surface area contributed by atoms with Gasteiger partial charge in [0.2, 0.25) is 0 Å². The summed E-state index contributed by atoms with van der Waals surface area (Å²) in [7, 11) is 0. The molecule has 2 aromatic heterocycles. The Kier molecular flexibility index (Phi) is 5.55. The number of nitro groups is 1. The maximum atomic E-state index is 10.8. The van der Waals surface area contributed by atoms with Crippen molar-refractivity contribution < 1.29 is 4.92 Å². The Morgan fingerprint density at radius 2 is 2.12 bits per heavy atom. The van der Waals surface area contributed by atoms with Crippen LogP contribution in [0.25, 0.3) is 0 Å². The van der Waals surface area contributed by atoms with E-state index in [1.54, 1.807) is 0 Å². The van der Waals surface area contributed by atoms with Crippen molar-refractivity contribution in [2.45, 2.75) is 48.8 Å². The molecule has 0 amide bonds. The zero-order valence-electron chi connectivity index (χ0n) is 14.0. The summed E-state index contributed by atoms with van der Waals surface area (Å²) < 4.78 is 2.11. The number of nitrogens with zero attached hydrogens (tertiary/aromatic N) is 5. The number of piperidine rings is 1. The van der Waals surface area contributed by atoms with Gasteiger partial charge in [-0.05, 0) is 51.5 Å². The summed E-state index contributed by atoms with van der Waals surface area (Å²) in [5.74, 6) is 1.36. The fourth-order valence-corrected chi connectivity index (χ4v) is 4.07. The molecular formula is C15H19ClN6O2S. The first-order chi connectivity index (χ1) is 12.0. The highest BCUT2D eigenvalue weighted by molar-refractivity contribution is 7.99. The number of hydrogen-bond acceptors (Lipinski definition) is 7. The fraction of sp³-hybridized carbons (Fsp3) is 0.533. The lowest BCUT2D eigenvalue weighted by Gasteiger charge is -2.24. The highest BCUT2D eigenvalue weighted by Gasteiger charge is 2.25. The van der Waals surface area contributed by atoms with Crippen molar-refractivity contribution in [3.05, 3.63) is 33.2 Å². The van der Waals surface area contributed by atoms with Gasteiger partial charge in [0.25, 0.3) is 5.69 Å². The SMILES string of the molecule is CC(C)n1c(Sc2ncc([N+](=O)[O-])cc2Cl)nnc1C1CCNCC1. The molecule has 1 fully saturated rings. The topological polar surface area (TPSA) is 98.8 Å². The van der Waals surface area contributed by atoms with Crippen LogP contribution in [0.3, 0.4) is 0 Å². The van der Waals surface area contributed by atoms with Gasteiger partial charge in [-0.2, -0.15) is 0 Å². The van der Waals surface area contributed by atoms with Crippen molar-refractivity contribution in [1.29, 1.82) is 0 Å². The van der Waals surface area contributed by atoms with E-state index in [1.165, 1.54) is 24.0 Å². The number of aromatic nitrogens is 4. The van der Waals surface area contributed by atoms with Crippen LogP contribution in [-0.4, -0.2) is 37.8 Å². The molecule has 0 unspecified atom stereocenters. The van der Waals surface area contributed by atoms with Gasteiger partial charge >= 0.3 is 0 Å². The summed E-state index contributed by atoms with van der Waals surface area (Å²) in [5.41, 5.74) is -0.130. The third kappa shape index (κ3) is 3.94. The Bertz CT molecular complexity index is 775. The van der Waals surface area contributed by atoms with Gasteiger partial charge in [-0.3, -0.25) is 10.1 Å². The van der Waals surface area contributed by atoms with E-state index in [2.05, 4.69) is 38.9 Å². The lowest BCUT2D eigenvalue weighted by molar-refractivity contribution is -0.385. The van der Waals surface area contributed by atoms with E-state index in [0.29, 0.717) is 16.1 Å². The molecule has 2 aromatic rings. The highest BCUT2D eigenvalue weighted by Crippen LogP contribution is 2.36. The molecular weight excluding hydrogens is 364 g/mol. The van der Waals surface area contributed by atoms with Gasteiger partial charge in [0.15, 0.2) is 5.16 Å². The van der Waals surface area contributed by atoms with Crippen molar-refractivity contribution in [2.75, 3.05) is 13.1 Å². The molecule has 0 atom stereocenters. The molecule has 25 heavy (non-hydrogen) atoms. The molecule has 1 saturated heterocycles. The van der Waals surface area contributed by atoms with Crippen LogP contribution in [0.4, 0.5) is 5.69 Å². The normalized spacial score (nSPS) is 15.7. The second-order valence-electron chi connectivity index (χ2n) is 6.17. The third-order valence-corrected chi connectivity index (χ3v) is 5.48. The van der Waals surface area contributed by atoms with Gasteiger partial charge in [-0.25, -0.2) is 4.98 Å². The van der Waals surface area contributed by atoms with Crippen LogP contribution in [0.2, 0.25) is 5.02 Å². The Labute approximate surface area is 154 Å². The second kappa shape index (κ2) is 7.67. The Morgan fingerprint density at radius 1 is 1.40 bits per heavy atom. The number of pyridine rings is 1. The van der Waals surface area contributed by atoms with Crippen LogP contribution in [0.15, 0.2) is 22.4 Å². The molecule has 0 saturated carbocycles. The second-order valence-corrected chi connectivity index (χ2v) is 7.53. The van der Waals surface area contributed by atoms with Crippen molar-refractivity contribution in [3.63, 3.8) is 0 Å². The Morgan fingerprint density at radius 3 is 2.72 bits per heavy atom. The molecule has 0 bridgehead atoms. The Hall–Kier alpha value is -1.71. The van der Waals surface area contributed by atoms with Gasteiger partial charge in [-0.1, -0.05) is 11.6 Å². The Balaban J connectivity index is 1.90. The zero-order chi connectivity index (χ0) is 18.0. The number of nitrogens with one attached hydrogen (secondary N) is 1. The van der Waals surface area contributed by atoms with Crippen LogP contribution in [0.1, 0.15) is 44.5 Å². The van der Waals surface area contributed by atoms with Gasteiger partial charge in [-0.15, -0.1) is 10.2 Å². The van der Waals surface area contributed by atoms with E-state index in [9.17, 15) is 10.1 Å². The standard InChI is InChI=1S/C15H19ClN6O2S/c1-9(2)21-13(10-3-5-17-6-4-10)19-20-15(21)25-14-12(16)7-11(8-18-14)22(23)24/h7-10,17H,3-6H2,1-2H3. The molecule has 1 aliphatic heterocycles. The fourth-order valence-electron chi connectivity index (χ4n) is 2.88. The smallest absolute Gasteiger partial charge is 0.289 e. The average molecular weight is 383 g/mol. The molecule has 0 aliphatic carbocycles. The molecule has 3 rings (SSSR count). The summed E-state index contributed by atoms with van der Waals surface area (Å²) in [6.45, 7) is 6.13. The van der Waals surface area contributed by atoms with E-state index in [0.717, 1.165) is 31.8 Å². The first kappa shape index (κ1) is 18.1. The predicted molar refractivity (Wildman–Crippen MR) is 95.3 cm³/mol. The summed E-state index contributed by atoms with van der Waals surface area (Å²) in [6, 6.07) is 1.50. The van der Waals surface area contributed by atoms with E-state index in [-0.39, 0.29) is 16.8 Å². The molecule has 134 valence electrons. The van der Waals surface area contributed by atoms with Crippen molar-refractivity contribution in [1.82, 2.24) is 25.1 Å². The van der Waals surface area contributed by atoms with Gasteiger partial charge in [0.05, 0.1) is 9.95 Å². The van der Waals surface area contributed by atoms with Crippen LogP contribution in [0.5, 0.6) is 0 Å². The molecule has 8 nitrogen and oxygen atoms in total. The summed E-state index contributed by atoms with van der Waals surface area (Å²) >= 11 is 7.44. The van der Waals surface area contributed by atoms with E-state index in [4.69, 9.17) is 11.6 Å². The van der Waals surface area contributed by atoms with Gasteiger partial charge < -0.3 is 9.88 Å². The van der Waals surface area contributed by atoms with Gasteiger partial charge in [0, 0.05) is 18.0 Å². The third-order valence-electron chi connectivity index (χ3n) is 4.10. The molecule has 10 heteroatoms. The minimum absolute atomic E-state index is 0.130. The predicted octanol–water partition coefficient (Wildman–Crippen LogP) is 3.43. The number of rotatable bonds is 5. The summed E-state index contributed by atoms with van der Waals surface area (Å²) in [5, 5.41) is 24.3. The lowest BCUT2D eigenvalue weighted by Crippen LogP contribution is -2.28. The molecule has 0 radical (unpaired) electrons. The summed E-state index contributed by atoms with van der Waals surface area (Å²) in [4.78, 5) is 14.4. The molecule has 1 aliphatic rings. The van der Waals surface area contributed by atoms with Crippen LogP contribution in [-0.2, 0) is 0 Å². The van der Waals surface area contributed by atoms with Crippen molar-refractivity contribution >= 4 is 29.1 Å². The van der Waals surface area contributed by atoms with Crippen LogP contribution >= 0.6 is 23.4 Å². The summed E-state index contributed by atoms with van der Waals surface area (Å²) in [6.07, 6.45) is 3.27. The van der Waals surface area contributed by atoms with E-state index < -0.39 is 4.92 Å². The van der Waals surface area contributed by atoms with Crippen LogP contribution < -0.4 is 5.32 Å². The molecule has 3 heterocycles. The number of halogens is 1. The first-order valence-corrected chi connectivity index (χ1v) is 9.30. The lowest BCUT2D eigenvalue weighted by atomic mass is 9.97. The van der Waals surface area contributed by atoms with Crippen molar-refractivity contribution in [3.8, 4) is 0 Å². The number of hydrogen-bond donors (Lipinski definition) is 1. The van der Waals surface area contributed by atoms with E-state index in [1.807, 2.05) is 0 Å². The maximum Gasteiger partial charge on any atom is 0.289 e. The van der Waals surface area contributed by atoms with Gasteiger partial charge in [0.1, 0.15) is 17.0 Å². The van der Waals surface area contributed by atoms with Crippen molar-refractivity contribution in [2.24, 2.45) is 0 Å². The van der Waals surface area contributed by atoms with E-state index >= 15 is 0 Å². The first-order valence-electron chi connectivity index (χ1n) is 8.10. The zero-order valence-corrected chi connectivity index (χ0v) is 15.5. The maximum absolute atomic E-state index is 10.8. The largest absolute Gasteiger partial charge is 0.317 e. The monoisotopic (exact) mass is 382 g/mol. The minimum atomic E-state index is -0.515. The molecule has 0 spiro atoms. The highest BCUT2D eigenvalue weighted by atomic mass is 35.5. The molecule has 0 aromatic carbocycles. The quantitative estimate of drug-likeness (QED) is 0.624. The molecule has 1 N–H and O–H groups in total. The minimum Gasteiger partial charge on any atom is -0.317 e.